The molecule has 0 N–H and O–H groups in total. The summed E-state index contributed by atoms with van der Waals surface area (Å²) in [5, 5.41) is 10.6. The van der Waals surface area contributed by atoms with Gasteiger partial charge in [-0.2, -0.15) is 0 Å². The topological polar surface area (TPSA) is 8.17 Å². The van der Waals surface area contributed by atoms with Crippen LogP contribution in [0.5, 0.6) is 0 Å². The van der Waals surface area contributed by atoms with E-state index < -0.39 is 0 Å². The third-order valence-corrected chi connectivity index (χ3v) is 13.3. The second-order valence-electron chi connectivity index (χ2n) is 15.9. The normalized spacial score (nSPS) is 13.6. The number of para-hydroxylation sites is 3. The predicted molar refractivity (Wildman–Crippen MR) is 240 cm³/mol. The zero-order valence-corrected chi connectivity index (χ0v) is 30.4. The minimum absolute atomic E-state index is 0.0779. The van der Waals surface area contributed by atoms with Crippen molar-refractivity contribution in [3.05, 3.63) is 182 Å². The highest BCUT2D eigenvalue weighted by molar-refractivity contribution is 7.02. The van der Waals surface area contributed by atoms with Gasteiger partial charge >= 0.3 is 0 Å². The van der Waals surface area contributed by atoms with E-state index in [1.54, 1.807) is 0 Å². The van der Waals surface area contributed by atoms with Crippen molar-refractivity contribution in [2.45, 2.75) is 0 Å². The number of aromatic nitrogens is 1. The van der Waals surface area contributed by atoms with Crippen molar-refractivity contribution in [3.8, 4) is 16.8 Å². The molecular formula is C52H30B2N2. The first-order valence-corrected chi connectivity index (χ1v) is 19.8. The van der Waals surface area contributed by atoms with Crippen LogP contribution in [0.15, 0.2) is 182 Å². The fourth-order valence-electron chi connectivity index (χ4n) is 11.3. The molecule has 0 aliphatic carbocycles. The Morgan fingerprint density at radius 3 is 1.95 bits per heavy atom. The molecule has 4 heteroatoms. The van der Waals surface area contributed by atoms with E-state index in [0.717, 1.165) is 0 Å². The Morgan fingerprint density at radius 2 is 1.07 bits per heavy atom. The second kappa shape index (κ2) is 10.4. The molecule has 4 heterocycles. The van der Waals surface area contributed by atoms with E-state index in [0.29, 0.717) is 0 Å². The van der Waals surface area contributed by atoms with Crippen molar-refractivity contribution in [3.63, 3.8) is 0 Å². The van der Waals surface area contributed by atoms with Crippen molar-refractivity contribution in [1.82, 2.24) is 4.57 Å². The first kappa shape index (κ1) is 29.3. The average molecular weight is 704 g/mol. The summed E-state index contributed by atoms with van der Waals surface area (Å²) in [6.45, 7) is 0.263. The highest BCUT2D eigenvalue weighted by Gasteiger charge is 2.42. The van der Waals surface area contributed by atoms with Crippen LogP contribution in [0.2, 0.25) is 0 Å². The molecule has 1 aromatic heterocycles. The van der Waals surface area contributed by atoms with Gasteiger partial charge in [-0.1, -0.05) is 163 Å². The van der Waals surface area contributed by atoms with Crippen molar-refractivity contribution in [1.29, 1.82) is 0 Å². The van der Waals surface area contributed by atoms with Gasteiger partial charge in [0.2, 0.25) is 13.4 Å². The molecule has 0 spiro atoms. The molecule has 0 saturated heterocycles. The molecule has 3 aliphatic heterocycles. The van der Waals surface area contributed by atoms with Crippen LogP contribution in [0.1, 0.15) is 0 Å². The van der Waals surface area contributed by atoms with Gasteiger partial charge in [0, 0.05) is 44.4 Å². The second-order valence-corrected chi connectivity index (χ2v) is 15.9. The van der Waals surface area contributed by atoms with E-state index in [1.807, 2.05) is 0 Å². The summed E-state index contributed by atoms with van der Waals surface area (Å²) in [6.07, 6.45) is 0. The molecule has 0 fully saturated rings. The number of hydrogen-bond acceptors (Lipinski definition) is 1. The minimum atomic E-state index is 0.0779. The monoisotopic (exact) mass is 704 g/mol. The number of hydrogen-bond donors (Lipinski definition) is 0. The van der Waals surface area contributed by atoms with E-state index >= 15 is 0 Å². The number of fused-ring (bicyclic) bond motifs is 13. The van der Waals surface area contributed by atoms with Crippen LogP contribution >= 0.6 is 0 Å². The highest BCUT2D eigenvalue weighted by atomic mass is 15.1. The van der Waals surface area contributed by atoms with Crippen LogP contribution in [-0.4, -0.2) is 18.0 Å². The molecule has 14 rings (SSSR count). The van der Waals surface area contributed by atoms with Gasteiger partial charge in [-0.3, -0.25) is 0 Å². The Hall–Kier alpha value is -7.03. The molecule has 3 aliphatic rings. The fraction of sp³-hybridized carbons (Fsp3) is 0. The van der Waals surface area contributed by atoms with Crippen LogP contribution in [0, 0.1) is 0 Å². The van der Waals surface area contributed by atoms with E-state index in [9.17, 15) is 0 Å². The number of benzene rings is 10. The number of anilines is 3. The Morgan fingerprint density at radius 1 is 0.393 bits per heavy atom. The molecular weight excluding hydrogens is 674 g/mol. The van der Waals surface area contributed by atoms with Crippen molar-refractivity contribution >= 4 is 117 Å². The van der Waals surface area contributed by atoms with Gasteiger partial charge in [0.15, 0.2) is 0 Å². The molecule has 56 heavy (non-hydrogen) atoms. The quantitative estimate of drug-likeness (QED) is 0.129. The lowest BCUT2D eigenvalue weighted by Gasteiger charge is -2.38. The molecule has 2 nitrogen and oxygen atoms in total. The Balaban J connectivity index is 1.15. The van der Waals surface area contributed by atoms with Crippen LogP contribution < -0.4 is 37.7 Å². The summed E-state index contributed by atoms with van der Waals surface area (Å²) in [5.41, 5.74) is 18.7. The van der Waals surface area contributed by atoms with Gasteiger partial charge in [0.25, 0.3) is 0 Å². The van der Waals surface area contributed by atoms with Crippen molar-refractivity contribution in [2.75, 3.05) is 4.90 Å². The van der Waals surface area contributed by atoms with E-state index in [2.05, 4.69) is 191 Å². The third-order valence-electron chi connectivity index (χ3n) is 13.3. The lowest BCUT2D eigenvalue weighted by molar-refractivity contribution is 1.21. The molecule has 254 valence electrons. The first-order valence-electron chi connectivity index (χ1n) is 19.8. The molecule has 10 aromatic carbocycles. The van der Waals surface area contributed by atoms with Gasteiger partial charge in [0.1, 0.15) is 0 Å². The molecule has 0 radical (unpaired) electrons. The Bertz CT molecular complexity index is 3500. The molecule has 0 atom stereocenters. The third kappa shape index (κ3) is 3.48. The first-order chi connectivity index (χ1) is 27.8. The maximum absolute atomic E-state index is 2.63. The van der Waals surface area contributed by atoms with Crippen LogP contribution in [0.25, 0.3) is 70.9 Å². The smallest absolute Gasteiger partial charge is 0.248 e. The predicted octanol–water partition coefficient (Wildman–Crippen LogP) is 8.79. The number of nitrogens with zero attached hydrogens (tertiary/aromatic N) is 2. The van der Waals surface area contributed by atoms with Crippen LogP contribution in [-0.2, 0) is 0 Å². The van der Waals surface area contributed by atoms with E-state index in [-0.39, 0.29) is 13.4 Å². The Kier molecular flexibility index (Phi) is 5.44. The SMILES string of the molecule is c1ccc(B2c3ccccc3N(c3ccccc3)c3cc4ccc5c6c(cc7ccc(c32)c4c75)B2c3ccccc3-c3ccc4c5ccccc5n-6c4c32)cc1. The summed E-state index contributed by atoms with van der Waals surface area (Å²) < 4.78 is 2.63. The van der Waals surface area contributed by atoms with Crippen molar-refractivity contribution in [2.24, 2.45) is 0 Å². The zero-order chi connectivity index (χ0) is 36.2. The summed E-state index contributed by atoms with van der Waals surface area (Å²) >= 11 is 0. The zero-order valence-electron chi connectivity index (χ0n) is 30.4. The largest absolute Gasteiger partial charge is 0.311 e. The minimum Gasteiger partial charge on any atom is -0.311 e. The lowest BCUT2D eigenvalue weighted by atomic mass is 9.34. The molecule has 0 amide bonds. The van der Waals surface area contributed by atoms with Gasteiger partial charge in [-0.15, -0.1) is 0 Å². The number of rotatable bonds is 2. The van der Waals surface area contributed by atoms with Gasteiger partial charge < -0.3 is 9.47 Å². The van der Waals surface area contributed by atoms with Gasteiger partial charge in [0.05, 0.1) is 5.52 Å². The van der Waals surface area contributed by atoms with Gasteiger partial charge in [-0.05, 0) is 90.2 Å². The van der Waals surface area contributed by atoms with Crippen LogP contribution in [0.4, 0.5) is 17.1 Å². The van der Waals surface area contributed by atoms with E-state index in [4.69, 9.17) is 0 Å². The summed E-state index contributed by atoms with van der Waals surface area (Å²) in [6, 6.07) is 68.7. The lowest BCUT2D eigenvalue weighted by Crippen LogP contribution is -2.57. The molecule has 0 unspecified atom stereocenters. The maximum Gasteiger partial charge on any atom is 0.248 e. The van der Waals surface area contributed by atoms with Gasteiger partial charge in [-0.25, -0.2) is 0 Å². The molecule has 0 bridgehead atoms. The molecule has 11 aromatic rings. The highest BCUT2D eigenvalue weighted by Crippen LogP contribution is 2.46. The average Bonchev–Trinajstić information content (AvgIpc) is 3.78. The van der Waals surface area contributed by atoms with Crippen molar-refractivity contribution < 1.29 is 0 Å². The summed E-state index contributed by atoms with van der Waals surface area (Å²) in [5.74, 6) is 0. The summed E-state index contributed by atoms with van der Waals surface area (Å²) in [4.78, 5) is 2.50. The van der Waals surface area contributed by atoms with Crippen LogP contribution in [0.3, 0.4) is 0 Å². The fourth-order valence-corrected chi connectivity index (χ4v) is 11.3. The van der Waals surface area contributed by atoms with E-state index in [1.165, 1.54) is 121 Å². The Labute approximate surface area is 324 Å². The summed E-state index contributed by atoms with van der Waals surface area (Å²) in [7, 11) is 0. The standard InChI is InChI=1S/C52H30B2N2/c1-3-13-33(14-4-1)53-42-20-10-12-22-45(42)55(34-15-5-2-6-16-34)46-30-32-24-26-40-48-31(23-25-39(47(32)48)49(46)53)29-43-51(40)56-44-21-11-8-18-36(44)38-28-27-37-35-17-7-9-19-41(35)54(43)50(37)52(38)56/h1-30H. The molecule has 0 saturated carbocycles. The maximum atomic E-state index is 2.63.